The van der Waals surface area contributed by atoms with Crippen molar-refractivity contribution in [2.24, 2.45) is 11.3 Å². The average Bonchev–Trinajstić information content (AvgIpc) is 3.61. The second-order valence-corrected chi connectivity index (χ2v) is 10.2. The van der Waals surface area contributed by atoms with Crippen molar-refractivity contribution < 1.29 is 23.1 Å². The minimum absolute atomic E-state index is 0.0548. The maximum atomic E-state index is 13.5. The van der Waals surface area contributed by atoms with Gasteiger partial charge >= 0.3 is 6.18 Å². The fourth-order valence-corrected chi connectivity index (χ4v) is 6.07. The van der Waals surface area contributed by atoms with E-state index < -0.39 is 22.7 Å². The molecular weight excluding hydrogens is 455 g/mol. The number of aliphatic hydroxyl groups is 1. The van der Waals surface area contributed by atoms with Gasteiger partial charge in [-0.15, -0.1) is 0 Å². The molecule has 1 amide bonds. The molecule has 184 valence electrons. The molecule has 0 aromatic heterocycles. The molecule has 1 unspecified atom stereocenters. The Morgan fingerprint density at radius 3 is 2.34 bits per heavy atom. The maximum absolute atomic E-state index is 13.5. The minimum atomic E-state index is -4.61. The Balaban J connectivity index is 1.32. The molecule has 35 heavy (non-hydrogen) atoms. The SMILES string of the molecule is N#Cc1ccc(N2CC(CO)C3(CCN(C(=O)C4(c5ccccc5)CC4)CC3)C2)cc1C(F)(F)F. The van der Waals surface area contributed by atoms with Crippen LogP contribution in [0.4, 0.5) is 18.9 Å². The summed E-state index contributed by atoms with van der Waals surface area (Å²) >= 11 is 0. The molecule has 5 rings (SSSR count). The molecule has 0 bridgehead atoms. The van der Waals surface area contributed by atoms with Gasteiger partial charge in [0.05, 0.1) is 22.6 Å². The van der Waals surface area contributed by atoms with Gasteiger partial charge in [0.1, 0.15) is 0 Å². The third kappa shape index (κ3) is 4.06. The topological polar surface area (TPSA) is 67.6 Å². The highest BCUT2D eigenvalue weighted by Gasteiger charge is 2.55. The van der Waals surface area contributed by atoms with E-state index in [1.54, 1.807) is 12.1 Å². The van der Waals surface area contributed by atoms with Gasteiger partial charge in [0.15, 0.2) is 0 Å². The van der Waals surface area contributed by atoms with Gasteiger partial charge in [0.25, 0.3) is 0 Å². The number of nitrogens with zero attached hydrogens (tertiary/aromatic N) is 3. The highest BCUT2D eigenvalue weighted by molar-refractivity contribution is 5.91. The highest BCUT2D eigenvalue weighted by atomic mass is 19.4. The average molecular weight is 484 g/mol. The lowest BCUT2D eigenvalue weighted by Gasteiger charge is -2.43. The first-order valence-corrected chi connectivity index (χ1v) is 12.0. The van der Waals surface area contributed by atoms with Crippen LogP contribution < -0.4 is 4.90 Å². The Bertz CT molecular complexity index is 1150. The van der Waals surface area contributed by atoms with Gasteiger partial charge in [-0.25, -0.2) is 0 Å². The van der Waals surface area contributed by atoms with Crippen molar-refractivity contribution in [2.75, 3.05) is 37.7 Å². The summed E-state index contributed by atoms with van der Waals surface area (Å²) in [4.78, 5) is 17.3. The Labute approximate surface area is 202 Å². The van der Waals surface area contributed by atoms with Crippen LogP contribution in [0.25, 0.3) is 0 Å². The van der Waals surface area contributed by atoms with Gasteiger partial charge in [0.2, 0.25) is 5.91 Å². The van der Waals surface area contributed by atoms with Gasteiger partial charge < -0.3 is 14.9 Å². The van der Waals surface area contributed by atoms with Crippen LogP contribution in [0.2, 0.25) is 0 Å². The molecule has 3 fully saturated rings. The molecule has 1 atom stereocenters. The summed E-state index contributed by atoms with van der Waals surface area (Å²) in [7, 11) is 0. The predicted molar refractivity (Wildman–Crippen MR) is 125 cm³/mol. The molecular formula is C27H28F3N3O2. The predicted octanol–water partition coefficient (Wildman–Crippen LogP) is 4.35. The van der Waals surface area contributed by atoms with Crippen LogP contribution in [-0.2, 0) is 16.4 Å². The van der Waals surface area contributed by atoms with E-state index in [9.17, 15) is 23.1 Å². The highest BCUT2D eigenvalue weighted by Crippen LogP contribution is 2.52. The van der Waals surface area contributed by atoms with Crippen molar-refractivity contribution in [1.29, 1.82) is 5.26 Å². The zero-order valence-electron chi connectivity index (χ0n) is 19.4. The van der Waals surface area contributed by atoms with E-state index >= 15 is 0 Å². The van der Waals surface area contributed by atoms with Crippen LogP contribution in [0.15, 0.2) is 48.5 Å². The maximum Gasteiger partial charge on any atom is 0.417 e. The van der Waals surface area contributed by atoms with Gasteiger partial charge in [-0.05, 0) is 54.9 Å². The second-order valence-electron chi connectivity index (χ2n) is 10.2. The van der Waals surface area contributed by atoms with E-state index in [4.69, 9.17) is 5.26 Å². The second kappa shape index (κ2) is 8.56. The number of likely N-dealkylation sites (tertiary alicyclic amines) is 1. The van der Waals surface area contributed by atoms with E-state index in [0.717, 1.165) is 24.5 Å². The van der Waals surface area contributed by atoms with Crippen LogP contribution in [0, 0.1) is 22.7 Å². The number of hydrogen-bond acceptors (Lipinski definition) is 4. The lowest BCUT2D eigenvalue weighted by Crippen LogP contribution is -2.49. The first kappa shape index (κ1) is 23.7. The zero-order valence-corrected chi connectivity index (χ0v) is 19.4. The number of nitriles is 1. The monoisotopic (exact) mass is 483 g/mol. The van der Waals surface area contributed by atoms with Crippen molar-refractivity contribution in [1.82, 2.24) is 4.90 Å². The summed E-state index contributed by atoms with van der Waals surface area (Å²) in [6.07, 6.45) is -1.50. The molecule has 1 N–H and O–H groups in total. The number of rotatable bonds is 4. The summed E-state index contributed by atoms with van der Waals surface area (Å²) in [5, 5.41) is 19.2. The van der Waals surface area contributed by atoms with Crippen molar-refractivity contribution in [2.45, 2.75) is 37.3 Å². The van der Waals surface area contributed by atoms with Crippen molar-refractivity contribution in [3.8, 4) is 6.07 Å². The van der Waals surface area contributed by atoms with Gasteiger partial charge in [-0.1, -0.05) is 30.3 Å². The van der Waals surface area contributed by atoms with Crippen LogP contribution >= 0.6 is 0 Å². The standard InChI is InChI=1S/C27H28F3N3O2/c28-27(29,30)23-14-22(7-6-19(23)15-31)33-16-21(17-34)25(18-33)10-12-32(13-11-25)24(35)26(8-9-26)20-4-2-1-3-5-20/h1-7,14,21,34H,8-13,16-18H2. The lowest BCUT2D eigenvalue weighted by atomic mass is 9.71. The van der Waals surface area contributed by atoms with E-state index in [1.165, 1.54) is 6.07 Å². The largest absolute Gasteiger partial charge is 0.417 e. The Hall–Kier alpha value is -3.05. The van der Waals surface area contributed by atoms with Crippen molar-refractivity contribution in [3.05, 3.63) is 65.2 Å². The molecule has 1 saturated carbocycles. The number of amides is 1. The normalized spacial score (nSPS) is 22.8. The first-order valence-electron chi connectivity index (χ1n) is 12.0. The zero-order chi connectivity index (χ0) is 24.8. The molecule has 3 aliphatic rings. The summed E-state index contributed by atoms with van der Waals surface area (Å²) in [6, 6.07) is 15.3. The fraction of sp³-hybridized carbons (Fsp3) is 0.481. The van der Waals surface area contributed by atoms with Gasteiger partial charge in [0, 0.05) is 44.4 Å². The van der Waals surface area contributed by atoms with Crippen LogP contribution in [-0.4, -0.2) is 48.7 Å². The van der Waals surface area contributed by atoms with Crippen molar-refractivity contribution >= 4 is 11.6 Å². The molecule has 1 aliphatic carbocycles. The number of piperidine rings is 1. The van der Waals surface area contributed by atoms with Crippen molar-refractivity contribution in [3.63, 3.8) is 0 Å². The van der Waals surface area contributed by atoms with E-state index in [1.807, 2.05) is 40.1 Å². The summed E-state index contributed by atoms with van der Waals surface area (Å²) < 4.78 is 40.5. The molecule has 2 saturated heterocycles. The number of alkyl halides is 3. The lowest BCUT2D eigenvalue weighted by molar-refractivity contribution is -0.138. The number of halogens is 3. The number of aliphatic hydroxyl groups excluding tert-OH is 1. The quantitative estimate of drug-likeness (QED) is 0.703. The molecule has 2 aromatic carbocycles. The Morgan fingerprint density at radius 2 is 1.77 bits per heavy atom. The number of carbonyl (C=O) groups excluding carboxylic acids is 1. The number of anilines is 1. The number of carbonyl (C=O) groups is 1. The van der Waals surface area contributed by atoms with E-state index in [2.05, 4.69) is 0 Å². The summed E-state index contributed by atoms with van der Waals surface area (Å²) in [5.41, 5.74) is -0.539. The van der Waals surface area contributed by atoms with Crippen LogP contribution in [0.5, 0.6) is 0 Å². The molecule has 0 radical (unpaired) electrons. The Morgan fingerprint density at radius 1 is 1.09 bits per heavy atom. The summed E-state index contributed by atoms with van der Waals surface area (Å²) in [5.74, 6) is 0.0737. The van der Waals surface area contributed by atoms with E-state index in [0.29, 0.717) is 44.7 Å². The van der Waals surface area contributed by atoms with Crippen LogP contribution in [0.3, 0.4) is 0 Å². The smallest absolute Gasteiger partial charge is 0.396 e. The third-order valence-corrected chi connectivity index (χ3v) is 8.36. The molecule has 2 aliphatic heterocycles. The third-order valence-electron chi connectivity index (χ3n) is 8.36. The fourth-order valence-electron chi connectivity index (χ4n) is 6.07. The van der Waals surface area contributed by atoms with Gasteiger partial charge in [-0.3, -0.25) is 4.79 Å². The minimum Gasteiger partial charge on any atom is -0.396 e. The van der Waals surface area contributed by atoms with Gasteiger partial charge in [-0.2, -0.15) is 18.4 Å². The molecule has 5 nitrogen and oxygen atoms in total. The first-order chi connectivity index (χ1) is 16.7. The van der Waals surface area contributed by atoms with E-state index in [-0.39, 0.29) is 23.8 Å². The van der Waals surface area contributed by atoms with Crippen LogP contribution in [0.1, 0.15) is 42.4 Å². The Kier molecular flexibility index (Phi) is 5.79. The number of hydrogen-bond donors (Lipinski definition) is 1. The molecule has 8 heteroatoms. The summed E-state index contributed by atoms with van der Waals surface area (Å²) in [6.45, 7) is 2.08. The molecule has 2 heterocycles. The molecule has 1 spiro atoms. The number of benzene rings is 2. The molecule has 2 aromatic rings.